The highest BCUT2D eigenvalue weighted by molar-refractivity contribution is 6.32. The first-order valence-electron chi connectivity index (χ1n) is 10.7. The topological polar surface area (TPSA) is 122 Å². The summed E-state index contributed by atoms with van der Waals surface area (Å²) < 4.78 is 6.78. The van der Waals surface area contributed by atoms with Gasteiger partial charge in [0.1, 0.15) is 18.0 Å². The maximum absolute atomic E-state index is 12.9. The van der Waals surface area contributed by atoms with Crippen molar-refractivity contribution < 1.29 is 14.7 Å². The fraction of sp³-hybridized carbons (Fsp3) is 0.364. The number of anilines is 1. The van der Waals surface area contributed by atoms with Crippen molar-refractivity contribution in [2.24, 2.45) is 10.9 Å². The Morgan fingerprint density at radius 2 is 1.97 bits per heavy atom. The molecule has 0 atom stereocenters. The second-order valence-corrected chi connectivity index (χ2v) is 7.46. The summed E-state index contributed by atoms with van der Waals surface area (Å²) in [5.41, 5.74) is 7.52. The van der Waals surface area contributed by atoms with Crippen LogP contribution in [0.2, 0.25) is 5.02 Å². The fourth-order valence-electron chi connectivity index (χ4n) is 3.64. The fourth-order valence-corrected chi connectivity index (χ4v) is 3.84. The Morgan fingerprint density at radius 3 is 2.64 bits per heavy atom. The van der Waals surface area contributed by atoms with Gasteiger partial charge in [-0.2, -0.15) is 5.10 Å². The van der Waals surface area contributed by atoms with E-state index in [9.17, 15) is 4.79 Å². The van der Waals surface area contributed by atoms with Crippen LogP contribution in [0.25, 0.3) is 11.0 Å². The minimum absolute atomic E-state index is 0.0149. The van der Waals surface area contributed by atoms with Crippen molar-refractivity contribution in [1.29, 1.82) is 0 Å². The van der Waals surface area contributed by atoms with E-state index in [1.54, 1.807) is 30.3 Å². The van der Waals surface area contributed by atoms with E-state index in [1.807, 2.05) is 32.0 Å². The van der Waals surface area contributed by atoms with Crippen LogP contribution in [0.5, 0.6) is 5.75 Å². The van der Waals surface area contributed by atoms with Gasteiger partial charge in [-0.25, -0.2) is 9.67 Å². The third-order valence-electron chi connectivity index (χ3n) is 5.27. The Labute approximate surface area is 197 Å². The number of methoxy groups -OCH3 is 1. The standard InChI is InChI=1S/C20H22ClN7O3.C2H6/c1-31-16-11-13(4-5-15(16)21)26-7-9-27(10-8-26)17(29)12-28-20-14(3-2-6-23-20)18(24-28)19(22)25-30;1-2/h2-6,11,30H,7-10,12H2,1H3,(H2,22,25);1-2H3. The molecule has 11 heteroatoms. The molecule has 1 aliphatic rings. The van der Waals surface area contributed by atoms with E-state index in [0.717, 1.165) is 5.69 Å². The molecule has 0 spiro atoms. The summed E-state index contributed by atoms with van der Waals surface area (Å²) in [6.45, 7) is 6.53. The smallest absolute Gasteiger partial charge is 0.244 e. The van der Waals surface area contributed by atoms with E-state index < -0.39 is 0 Å². The Kier molecular flexibility index (Phi) is 7.94. The lowest BCUT2D eigenvalue weighted by molar-refractivity contribution is -0.132. The molecular weight excluding hydrogens is 446 g/mol. The van der Waals surface area contributed by atoms with E-state index in [0.29, 0.717) is 53.7 Å². The minimum Gasteiger partial charge on any atom is -0.495 e. The number of amidine groups is 1. The lowest BCUT2D eigenvalue weighted by Crippen LogP contribution is -2.49. The Morgan fingerprint density at radius 1 is 1.24 bits per heavy atom. The van der Waals surface area contributed by atoms with Gasteiger partial charge in [-0.1, -0.05) is 30.6 Å². The molecule has 1 aliphatic heterocycles. The van der Waals surface area contributed by atoms with E-state index in [-0.39, 0.29) is 18.3 Å². The number of halogens is 1. The molecular formula is C22H28ClN7O3. The van der Waals surface area contributed by atoms with Crippen LogP contribution in [0.3, 0.4) is 0 Å². The van der Waals surface area contributed by atoms with Gasteiger partial charge >= 0.3 is 0 Å². The van der Waals surface area contributed by atoms with Crippen LogP contribution in [0.4, 0.5) is 5.69 Å². The first kappa shape index (κ1) is 24.1. The minimum atomic E-state index is -0.129. The van der Waals surface area contributed by atoms with Gasteiger partial charge in [-0.15, -0.1) is 0 Å². The summed E-state index contributed by atoms with van der Waals surface area (Å²) in [5, 5.41) is 17.5. The van der Waals surface area contributed by atoms with Gasteiger partial charge in [0.25, 0.3) is 0 Å². The molecule has 0 unspecified atom stereocenters. The zero-order chi connectivity index (χ0) is 24.0. The molecule has 1 saturated heterocycles. The normalized spacial score (nSPS) is 14.1. The molecule has 0 saturated carbocycles. The molecule has 10 nitrogen and oxygen atoms in total. The molecule has 0 bridgehead atoms. The van der Waals surface area contributed by atoms with Crippen LogP contribution < -0.4 is 15.4 Å². The summed E-state index contributed by atoms with van der Waals surface area (Å²) in [6.07, 6.45) is 1.61. The number of carbonyl (C=O) groups excluding carboxylic acids is 1. The van der Waals surface area contributed by atoms with Crippen LogP contribution in [0.1, 0.15) is 19.5 Å². The first-order valence-corrected chi connectivity index (χ1v) is 11.1. The van der Waals surface area contributed by atoms with Crippen LogP contribution in [-0.2, 0) is 11.3 Å². The lowest BCUT2D eigenvalue weighted by atomic mass is 10.2. The number of piperazine rings is 1. The Hall–Kier alpha value is -3.53. The highest BCUT2D eigenvalue weighted by Crippen LogP contribution is 2.29. The molecule has 3 N–H and O–H groups in total. The van der Waals surface area contributed by atoms with Crippen LogP contribution in [0, 0.1) is 0 Å². The average molecular weight is 474 g/mol. The number of benzene rings is 1. The zero-order valence-corrected chi connectivity index (χ0v) is 19.7. The molecule has 0 aliphatic carbocycles. The monoisotopic (exact) mass is 473 g/mol. The summed E-state index contributed by atoms with van der Waals surface area (Å²) >= 11 is 6.11. The molecule has 1 amide bonds. The number of hydrogen-bond donors (Lipinski definition) is 2. The van der Waals surface area contributed by atoms with E-state index >= 15 is 0 Å². The van der Waals surface area contributed by atoms with Gasteiger partial charge in [0.05, 0.1) is 17.5 Å². The van der Waals surface area contributed by atoms with E-state index in [1.165, 1.54) is 4.68 Å². The summed E-state index contributed by atoms with van der Waals surface area (Å²) in [7, 11) is 1.58. The molecule has 4 rings (SSSR count). The highest BCUT2D eigenvalue weighted by Gasteiger charge is 2.24. The van der Waals surface area contributed by atoms with Crippen molar-refractivity contribution in [3.8, 4) is 5.75 Å². The average Bonchev–Trinajstić information content (AvgIpc) is 3.23. The van der Waals surface area contributed by atoms with Crippen molar-refractivity contribution in [1.82, 2.24) is 19.7 Å². The van der Waals surface area contributed by atoms with Crippen molar-refractivity contribution in [3.05, 3.63) is 47.2 Å². The summed E-state index contributed by atoms with van der Waals surface area (Å²) in [5.74, 6) is 0.419. The molecule has 33 heavy (non-hydrogen) atoms. The number of aromatic nitrogens is 3. The molecule has 2 aromatic heterocycles. The molecule has 1 aromatic carbocycles. The second-order valence-electron chi connectivity index (χ2n) is 7.05. The maximum atomic E-state index is 12.9. The third kappa shape index (κ3) is 5.11. The number of amides is 1. The quantitative estimate of drug-likeness (QED) is 0.252. The van der Waals surface area contributed by atoms with Gasteiger partial charge in [0.15, 0.2) is 11.5 Å². The summed E-state index contributed by atoms with van der Waals surface area (Å²) in [6, 6.07) is 9.15. The van der Waals surface area contributed by atoms with Crippen molar-refractivity contribution in [2.45, 2.75) is 20.4 Å². The number of rotatable bonds is 5. The molecule has 0 radical (unpaired) electrons. The van der Waals surface area contributed by atoms with E-state index in [4.69, 9.17) is 27.3 Å². The summed E-state index contributed by atoms with van der Waals surface area (Å²) in [4.78, 5) is 21.2. The van der Waals surface area contributed by atoms with Crippen molar-refractivity contribution >= 4 is 40.1 Å². The van der Waals surface area contributed by atoms with Crippen LogP contribution >= 0.6 is 11.6 Å². The third-order valence-corrected chi connectivity index (χ3v) is 5.59. The first-order chi connectivity index (χ1) is 16.0. The second kappa shape index (κ2) is 10.9. The van der Waals surface area contributed by atoms with Crippen LogP contribution in [-0.4, -0.2) is 69.9 Å². The number of oxime groups is 1. The molecule has 176 valence electrons. The predicted molar refractivity (Wildman–Crippen MR) is 128 cm³/mol. The van der Waals surface area contributed by atoms with Crippen molar-refractivity contribution in [2.75, 3.05) is 38.2 Å². The van der Waals surface area contributed by atoms with Gasteiger partial charge in [-0.05, 0) is 24.3 Å². The van der Waals surface area contributed by atoms with Gasteiger partial charge in [0.2, 0.25) is 5.91 Å². The Bertz CT molecular complexity index is 1140. The van der Waals surface area contributed by atoms with Gasteiger partial charge in [-0.3, -0.25) is 4.79 Å². The molecule has 3 heterocycles. The number of carbonyl (C=O) groups is 1. The predicted octanol–water partition coefficient (Wildman–Crippen LogP) is 2.56. The number of nitrogens with two attached hydrogens (primary N) is 1. The maximum Gasteiger partial charge on any atom is 0.244 e. The largest absolute Gasteiger partial charge is 0.495 e. The molecule has 1 fully saturated rings. The number of nitrogens with zero attached hydrogens (tertiary/aromatic N) is 6. The molecule has 3 aromatic rings. The highest BCUT2D eigenvalue weighted by atomic mass is 35.5. The van der Waals surface area contributed by atoms with Crippen LogP contribution in [0.15, 0.2) is 41.7 Å². The Balaban J connectivity index is 0.00000149. The number of pyridine rings is 1. The van der Waals surface area contributed by atoms with Gasteiger partial charge < -0.3 is 25.5 Å². The lowest BCUT2D eigenvalue weighted by Gasteiger charge is -2.36. The number of fused-ring (bicyclic) bond motifs is 1. The number of ether oxygens (including phenoxy) is 1. The number of hydrogen-bond acceptors (Lipinski definition) is 7. The van der Waals surface area contributed by atoms with Crippen molar-refractivity contribution in [3.63, 3.8) is 0 Å². The van der Waals surface area contributed by atoms with Gasteiger partial charge in [0, 0.05) is 44.1 Å². The van der Waals surface area contributed by atoms with E-state index in [2.05, 4.69) is 20.1 Å². The zero-order valence-electron chi connectivity index (χ0n) is 18.9. The SMILES string of the molecule is CC.COc1cc(N2CCN(C(=O)Cn3nc(/C(N)=N/O)c4cccnc43)CC2)ccc1Cl.